The fourth-order valence-electron chi connectivity index (χ4n) is 4.62. The molecule has 10 N–H and O–H groups in total. The second kappa shape index (κ2) is 14.4. The number of ether oxygens (including phenoxy) is 6. The molecule has 42 heavy (non-hydrogen) atoms. The Labute approximate surface area is 240 Å². The Morgan fingerprint density at radius 3 is 1.90 bits per heavy atom. The molecule has 3 fully saturated rings. The van der Waals surface area contributed by atoms with Gasteiger partial charge in [0.2, 0.25) is 0 Å². The molecule has 3 aliphatic heterocycles. The first-order valence-electron chi connectivity index (χ1n) is 13.3. The third-order valence-corrected chi connectivity index (χ3v) is 7.24. The summed E-state index contributed by atoms with van der Waals surface area (Å²) in [5, 5.41) is 102. The smallest absolute Gasteiger partial charge is 0.311 e. The summed E-state index contributed by atoms with van der Waals surface area (Å²) in [5.41, 5.74) is 0.906. The second-order valence-corrected chi connectivity index (χ2v) is 10.3. The number of aliphatic hydroxyl groups is 10. The molecule has 3 saturated heterocycles. The van der Waals surface area contributed by atoms with E-state index in [1.54, 1.807) is 12.2 Å². The van der Waals surface area contributed by atoms with Crippen LogP contribution < -0.4 is 0 Å². The first kappa shape index (κ1) is 33.2. The van der Waals surface area contributed by atoms with E-state index in [0.717, 1.165) is 5.56 Å². The zero-order valence-electron chi connectivity index (χ0n) is 22.3. The van der Waals surface area contributed by atoms with Crippen molar-refractivity contribution in [1.82, 2.24) is 0 Å². The topological polar surface area (TPSA) is 258 Å². The van der Waals surface area contributed by atoms with E-state index in [1.807, 2.05) is 30.3 Å². The molecule has 0 aromatic heterocycles. The van der Waals surface area contributed by atoms with Gasteiger partial charge in [0, 0.05) is 0 Å². The molecule has 0 spiro atoms. The van der Waals surface area contributed by atoms with E-state index >= 15 is 0 Å². The average molecular weight is 607 g/mol. The number of hydrogen-bond acceptors (Lipinski definition) is 16. The van der Waals surface area contributed by atoms with Crippen molar-refractivity contribution in [3.05, 3.63) is 42.0 Å². The van der Waals surface area contributed by atoms with Gasteiger partial charge in [-0.1, -0.05) is 42.5 Å². The molecule has 0 radical (unpaired) electrons. The van der Waals surface area contributed by atoms with E-state index < -0.39 is 106 Å². The molecule has 0 saturated carbocycles. The minimum atomic E-state index is -2.79. The SMILES string of the molecule is OC1COC(O)(OCC2OC(OCC3OC(OCC=Cc4ccccc4)C(O)C(O)C3O)C(O)C(O)C2O)C(O)C1O. The lowest BCUT2D eigenvalue weighted by molar-refractivity contribution is -0.438. The highest BCUT2D eigenvalue weighted by Crippen LogP contribution is 2.29. The molecule has 14 atom stereocenters. The average Bonchev–Trinajstić information content (AvgIpc) is 2.99. The van der Waals surface area contributed by atoms with Gasteiger partial charge < -0.3 is 79.5 Å². The molecule has 3 heterocycles. The van der Waals surface area contributed by atoms with E-state index in [-0.39, 0.29) is 6.61 Å². The van der Waals surface area contributed by atoms with Crippen LogP contribution in [0.1, 0.15) is 5.56 Å². The molecular weight excluding hydrogens is 568 g/mol. The maximum absolute atomic E-state index is 10.4. The minimum Gasteiger partial charge on any atom is -0.388 e. The normalized spacial score (nSPS) is 44.9. The van der Waals surface area contributed by atoms with Gasteiger partial charge in [0.05, 0.1) is 26.4 Å². The highest BCUT2D eigenvalue weighted by molar-refractivity contribution is 5.48. The van der Waals surface area contributed by atoms with Gasteiger partial charge in [-0.3, -0.25) is 0 Å². The Morgan fingerprint density at radius 1 is 0.714 bits per heavy atom. The lowest BCUT2D eigenvalue weighted by Crippen LogP contribution is -2.64. The van der Waals surface area contributed by atoms with Crippen molar-refractivity contribution in [3.63, 3.8) is 0 Å². The van der Waals surface area contributed by atoms with Crippen molar-refractivity contribution < 1.29 is 79.5 Å². The third-order valence-electron chi connectivity index (χ3n) is 7.24. The minimum absolute atomic E-state index is 0.00995. The van der Waals surface area contributed by atoms with E-state index in [0.29, 0.717) is 0 Å². The zero-order valence-corrected chi connectivity index (χ0v) is 22.3. The monoisotopic (exact) mass is 606 g/mol. The van der Waals surface area contributed by atoms with E-state index in [9.17, 15) is 51.1 Å². The molecule has 0 bridgehead atoms. The molecule has 4 rings (SSSR count). The summed E-state index contributed by atoms with van der Waals surface area (Å²) >= 11 is 0. The Morgan fingerprint density at radius 2 is 1.29 bits per heavy atom. The Hall–Kier alpha value is -1.68. The van der Waals surface area contributed by atoms with Gasteiger partial charge in [-0.25, -0.2) is 0 Å². The van der Waals surface area contributed by atoms with Crippen LogP contribution in [0, 0.1) is 0 Å². The number of hydrogen-bond donors (Lipinski definition) is 10. The Bertz CT molecular complexity index is 1000. The first-order chi connectivity index (χ1) is 19.9. The first-order valence-corrected chi connectivity index (χ1v) is 13.3. The lowest BCUT2D eigenvalue weighted by Gasteiger charge is -2.44. The van der Waals surface area contributed by atoms with Gasteiger partial charge in [-0.15, -0.1) is 0 Å². The third kappa shape index (κ3) is 7.51. The number of rotatable bonds is 10. The van der Waals surface area contributed by atoms with Crippen LogP contribution in [-0.4, -0.2) is 163 Å². The number of benzene rings is 1. The molecule has 16 heteroatoms. The van der Waals surface area contributed by atoms with Crippen LogP contribution in [0.4, 0.5) is 0 Å². The predicted molar refractivity (Wildman–Crippen MR) is 136 cm³/mol. The summed E-state index contributed by atoms with van der Waals surface area (Å²) in [6, 6.07) is 9.32. The van der Waals surface area contributed by atoms with Gasteiger partial charge in [0.1, 0.15) is 61.0 Å². The van der Waals surface area contributed by atoms with Gasteiger partial charge >= 0.3 is 5.97 Å². The van der Waals surface area contributed by atoms with Crippen LogP contribution in [0.25, 0.3) is 6.08 Å². The molecule has 238 valence electrons. The molecule has 0 aliphatic carbocycles. The summed E-state index contributed by atoms with van der Waals surface area (Å²) in [7, 11) is 0. The second-order valence-electron chi connectivity index (χ2n) is 10.3. The van der Waals surface area contributed by atoms with E-state index in [2.05, 4.69) is 0 Å². The largest absolute Gasteiger partial charge is 0.388 e. The maximum Gasteiger partial charge on any atom is 0.311 e. The fraction of sp³-hybridized carbons (Fsp3) is 0.692. The van der Waals surface area contributed by atoms with Crippen LogP contribution in [0.3, 0.4) is 0 Å². The molecule has 1 aromatic rings. The highest BCUT2D eigenvalue weighted by atomic mass is 16.8. The lowest BCUT2D eigenvalue weighted by atomic mass is 9.98. The van der Waals surface area contributed by atoms with Crippen molar-refractivity contribution >= 4 is 6.08 Å². The number of aliphatic hydroxyl groups excluding tert-OH is 9. The van der Waals surface area contributed by atoms with Crippen LogP contribution in [0.2, 0.25) is 0 Å². The quantitative estimate of drug-likeness (QED) is 0.112. The molecular formula is C26H38O16. The van der Waals surface area contributed by atoms with Crippen LogP contribution in [0.15, 0.2) is 36.4 Å². The highest BCUT2D eigenvalue weighted by Gasteiger charge is 2.52. The molecule has 3 aliphatic rings. The summed E-state index contributed by atoms with van der Waals surface area (Å²) in [4.78, 5) is 0. The summed E-state index contributed by atoms with van der Waals surface area (Å²) in [5.74, 6) is -2.79. The summed E-state index contributed by atoms with van der Waals surface area (Å²) < 4.78 is 32.0. The van der Waals surface area contributed by atoms with Gasteiger partial charge in [0.25, 0.3) is 0 Å². The van der Waals surface area contributed by atoms with Crippen molar-refractivity contribution in [2.75, 3.05) is 26.4 Å². The Kier molecular flexibility index (Phi) is 11.4. The van der Waals surface area contributed by atoms with Crippen LogP contribution in [0.5, 0.6) is 0 Å². The zero-order chi connectivity index (χ0) is 30.6. The molecule has 14 unspecified atom stereocenters. The van der Waals surface area contributed by atoms with Crippen molar-refractivity contribution in [1.29, 1.82) is 0 Å². The standard InChI is InChI=1S/C26H38O16/c27-13-9-39-26(36,23(35)16(13)28)40-11-15-18(30)20(32)22(34)25(42-15)38-10-14-17(29)19(31)21(33)24(41-14)37-8-4-7-12-5-2-1-3-6-12/h1-7,13-25,27-36H,8-11H2. The van der Waals surface area contributed by atoms with Crippen LogP contribution >= 0.6 is 0 Å². The van der Waals surface area contributed by atoms with Gasteiger partial charge in [0.15, 0.2) is 18.7 Å². The van der Waals surface area contributed by atoms with E-state index in [1.165, 1.54) is 0 Å². The van der Waals surface area contributed by atoms with Crippen LogP contribution in [-0.2, 0) is 28.4 Å². The molecule has 16 nitrogen and oxygen atoms in total. The fourth-order valence-corrected chi connectivity index (χ4v) is 4.62. The molecule has 1 aromatic carbocycles. The van der Waals surface area contributed by atoms with Gasteiger partial charge in [-0.05, 0) is 5.56 Å². The Balaban J connectivity index is 1.32. The predicted octanol–water partition coefficient (Wildman–Crippen LogP) is -4.88. The van der Waals surface area contributed by atoms with Gasteiger partial charge in [-0.2, -0.15) is 0 Å². The summed E-state index contributed by atoms with van der Waals surface area (Å²) in [6.45, 7) is -1.89. The summed E-state index contributed by atoms with van der Waals surface area (Å²) in [6.07, 6.45) is -18.1. The van der Waals surface area contributed by atoms with Crippen molar-refractivity contribution in [2.45, 2.75) is 85.7 Å². The maximum atomic E-state index is 10.4. The van der Waals surface area contributed by atoms with Crippen molar-refractivity contribution in [3.8, 4) is 0 Å². The van der Waals surface area contributed by atoms with Crippen molar-refractivity contribution in [2.24, 2.45) is 0 Å². The molecule has 0 amide bonds. The van der Waals surface area contributed by atoms with E-state index in [4.69, 9.17) is 28.4 Å².